The molecule has 8 heteroatoms. The molecule has 25 heavy (non-hydrogen) atoms. The molecule has 0 bridgehead atoms. The van der Waals surface area contributed by atoms with Crippen LogP contribution in [0.25, 0.3) is 17.1 Å². The molecule has 0 aliphatic carbocycles. The van der Waals surface area contributed by atoms with Crippen molar-refractivity contribution in [3.05, 3.63) is 54.5 Å². The van der Waals surface area contributed by atoms with Crippen LogP contribution in [-0.4, -0.2) is 34.5 Å². The Hall–Kier alpha value is -3.06. The highest BCUT2D eigenvalue weighted by Crippen LogP contribution is 2.26. The zero-order chi connectivity index (χ0) is 17.3. The molecule has 4 N–H and O–H groups in total. The van der Waals surface area contributed by atoms with Gasteiger partial charge in [-0.15, -0.1) is 12.4 Å². The number of carbonyl (C=O) groups excluding carboxylic acids is 1. The summed E-state index contributed by atoms with van der Waals surface area (Å²) in [5, 5.41) is 0. The van der Waals surface area contributed by atoms with Crippen LogP contribution in [0.4, 0.5) is 11.5 Å². The van der Waals surface area contributed by atoms with E-state index < -0.39 is 5.91 Å². The predicted octanol–water partition coefficient (Wildman–Crippen LogP) is 2.10. The fourth-order valence-corrected chi connectivity index (χ4v) is 2.57. The Bertz CT molecular complexity index is 906. The van der Waals surface area contributed by atoms with E-state index in [0.29, 0.717) is 17.2 Å². The van der Waals surface area contributed by atoms with Crippen LogP contribution in [0.1, 0.15) is 10.4 Å². The van der Waals surface area contributed by atoms with Crippen LogP contribution < -0.4 is 16.4 Å². The lowest BCUT2D eigenvalue weighted by Crippen LogP contribution is -2.19. The van der Waals surface area contributed by atoms with Gasteiger partial charge in [-0.2, -0.15) is 0 Å². The van der Waals surface area contributed by atoms with Gasteiger partial charge in [0.05, 0.1) is 5.56 Å². The number of pyridine rings is 1. The van der Waals surface area contributed by atoms with Crippen LogP contribution in [0, 0.1) is 0 Å². The number of nitrogens with two attached hydrogens (primary N) is 2. The molecule has 3 rings (SSSR count). The molecule has 130 valence electrons. The summed E-state index contributed by atoms with van der Waals surface area (Å²) in [4.78, 5) is 22.0. The second kappa shape index (κ2) is 7.23. The summed E-state index contributed by atoms with van der Waals surface area (Å²) in [7, 11) is 3.73. The normalized spacial score (nSPS) is 10.2. The zero-order valence-electron chi connectivity index (χ0n) is 13.9. The molecule has 0 radical (unpaired) electrons. The lowest BCUT2D eigenvalue weighted by molar-refractivity contribution is 0.100. The van der Waals surface area contributed by atoms with Crippen molar-refractivity contribution < 1.29 is 4.79 Å². The minimum atomic E-state index is -0.477. The van der Waals surface area contributed by atoms with Gasteiger partial charge < -0.3 is 16.4 Å². The van der Waals surface area contributed by atoms with Gasteiger partial charge in [0.25, 0.3) is 5.91 Å². The maximum Gasteiger partial charge on any atom is 0.250 e. The number of amides is 1. The number of benzene rings is 1. The molecule has 0 unspecified atom stereocenters. The van der Waals surface area contributed by atoms with E-state index in [1.165, 1.54) is 0 Å². The molecule has 2 heterocycles. The number of aromatic nitrogens is 3. The molecular formula is C17H19ClN6O. The summed E-state index contributed by atoms with van der Waals surface area (Å²) in [5.41, 5.74) is 14.1. The molecule has 1 amide bonds. The van der Waals surface area contributed by atoms with Crippen LogP contribution in [0.15, 0.2) is 48.9 Å². The summed E-state index contributed by atoms with van der Waals surface area (Å²) < 4.78 is 1.88. The van der Waals surface area contributed by atoms with Gasteiger partial charge in [0.15, 0.2) is 0 Å². The number of nitrogens with zero attached hydrogens (tertiary/aromatic N) is 4. The minimum Gasteiger partial charge on any atom is -0.384 e. The van der Waals surface area contributed by atoms with Gasteiger partial charge in [-0.25, -0.2) is 9.97 Å². The van der Waals surface area contributed by atoms with Gasteiger partial charge in [-0.1, -0.05) is 0 Å². The van der Waals surface area contributed by atoms with Crippen molar-refractivity contribution in [2.45, 2.75) is 0 Å². The molecule has 0 aliphatic heterocycles. The molecule has 1 aromatic carbocycles. The van der Waals surface area contributed by atoms with Crippen molar-refractivity contribution in [1.29, 1.82) is 0 Å². The summed E-state index contributed by atoms with van der Waals surface area (Å²) in [5.74, 6) is 0.648. The molecule has 2 aromatic heterocycles. The first kappa shape index (κ1) is 18.3. The maximum absolute atomic E-state index is 11.8. The van der Waals surface area contributed by atoms with Gasteiger partial charge in [0.1, 0.15) is 11.6 Å². The fourth-order valence-electron chi connectivity index (χ4n) is 2.57. The molecule has 0 spiro atoms. The largest absolute Gasteiger partial charge is 0.384 e. The standard InChI is InChI=1S/C17H18N6O.ClH/c1-22(2)14-4-3-12(10-13(14)16(19)24)23-8-7-21-17(23)11-5-6-20-15(18)9-11;/h3-10H,1-2H3,(H2,18,20)(H2,19,24);1H. The number of primary amides is 1. The Morgan fingerprint density at radius 3 is 2.52 bits per heavy atom. The van der Waals surface area contributed by atoms with Gasteiger partial charge >= 0.3 is 0 Å². The molecule has 7 nitrogen and oxygen atoms in total. The molecule has 0 atom stereocenters. The lowest BCUT2D eigenvalue weighted by atomic mass is 10.1. The number of hydrogen-bond donors (Lipinski definition) is 2. The first-order valence-corrected chi connectivity index (χ1v) is 7.34. The number of rotatable bonds is 4. The Morgan fingerprint density at radius 1 is 1.12 bits per heavy atom. The second-order valence-electron chi connectivity index (χ2n) is 5.55. The predicted molar refractivity (Wildman–Crippen MR) is 101 cm³/mol. The Labute approximate surface area is 151 Å². The molecular weight excluding hydrogens is 340 g/mol. The van der Waals surface area contributed by atoms with E-state index >= 15 is 0 Å². The van der Waals surface area contributed by atoms with Crippen LogP contribution in [0.2, 0.25) is 0 Å². The van der Waals surface area contributed by atoms with Gasteiger partial charge in [-0.3, -0.25) is 9.36 Å². The SMILES string of the molecule is CN(C)c1ccc(-n2ccnc2-c2ccnc(N)c2)cc1C(N)=O.Cl. The summed E-state index contributed by atoms with van der Waals surface area (Å²) in [6, 6.07) is 9.12. The number of imidazole rings is 1. The van der Waals surface area contributed by atoms with Gasteiger partial charge in [-0.05, 0) is 30.3 Å². The number of anilines is 2. The summed E-state index contributed by atoms with van der Waals surface area (Å²) >= 11 is 0. The van der Waals surface area contributed by atoms with E-state index in [1.54, 1.807) is 24.5 Å². The molecule has 0 saturated carbocycles. The molecule has 0 fully saturated rings. The Kier molecular flexibility index (Phi) is 5.29. The third-order valence-corrected chi connectivity index (χ3v) is 3.69. The fraction of sp³-hybridized carbons (Fsp3) is 0.118. The van der Waals surface area contributed by atoms with Crippen molar-refractivity contribution in [2.75, 3.05) is 24.7 Å². The third-order valence-electron chi connectivity index (χ3n) is 3.69. The highest BCUT2D eigenvalue weighted by Gasteiger charge is 2.14. The minimum absolute atomic E-state index is 0. The second-order valence-corrected chi connectivity index (χ2v) is 5.55. The molecule has 0 saturated heterocycles. The van der Waals surface area contributed by atoms with Crippen LogP contribution in [0.3, 0.4) is 0 Å². The molecule has 3 aromatic rings. The Morgan fingerprint density at radius 2 is 1.88 bits per heavy atom. The van der Waals surface area contributed by atoms with Crippen LogP contribution in [-0.2, 0) is 0 Å². The van der Waals surface area contributed by atoms with Gasteiger partial charge in [0.2, 0.25) is 0 Å². The number of nitrogen functional groups attached to an aromatic ring is 1. The highest BCUT2D eigenvalue weighted by molar-refractivity contribution is 5.99. The van der Waals surface area contributed by atoms with E-state index in [9.17, 15) is 4.79 Å². The van der Waals surface area contributed by atoms with E-state index in [2.05, 4.69) is 9.97 Å². The number of hydrogen-bond acceptors (Lipinski definition) is 5. The van der Waals surface area contributed by atoms with Gasteiger partial charge in [0, 0.05) is 49.6 Å². The first-order chi connectivity index (χ1) is 11.5. The Balaban J connectivity index is 0.00000225. The zero-order valence-corrected chi connectivity index (χ0v) is 14.7. The molecule has 0 aliphatic rings. The lowest BCUT2D eigenvalue weighted by Gasteiger charge is -2.17. The maximum atomic E-state index is 11.8. The van der Waals surface area contributed by atoms with Crippen molar-refractivity contribution in [2.24, 2.45) is 5.73 Å². The van der Waals surface area contributed by atoms with E-state index in [4.69, 9.17) is 11.5 Å². The van der Waals surface area contributed by atoms with E-state index in [1.807, 2.05) is 48.0 Å². The third kappa shape index (κ3) is 3.56. The topological polar surface area (TPSA) is 103 Å². The quantitative estimate of drug-likeness (QED) is 0.743. The summed E-state index contributed by atoms with van der Waals surface area (Å²) in [6.45, 7) is 0. The average Bonchev–Trinajstić information content (AvgIpc) is 3.03. The highest BCUT2D eigenvalue weighted by atomic mass is 35.5. The monoisotopic (exact) mass is 358 g/mol. The van der Waals surface area contributed by atoms with Crippen molar-refractivity contribution >= 4 is 29.8 Å². The van der Waals surface area contributed by atoms with Crippen LogP contribution >= 0.6 is 12.4 Å². The first-order valence-electron chi connectivity index (χ1n) is 7.34. The number of halogens is 1. The van der Waals surface area contributed by atoms with Crippen molar-refractivity contribution in [3.63, 3.8) is 0 Å². The summed E-state index contributed by atoms with van der Waals surface area (Å²) in [6.07, 6.45) is 5.14. The van der Waals surface area contributed by atoms with E-state index in [0.717, 1.165) is 16.9 Å². The smallest absolute Gasteiger partial charge is 0.250 e. The van der Waals surface area contributed by atoms with Crippen LogP contribution in [0.5, 0.6) is 0 Å². The van der Waals surface area contributed by atoms with Crippen molar-refractivity contribution in [3.8, 4) is 17.1 Å². The number of carbonyl (C=O) groups is 1. The van der Waals surface area contributed by atoms with Crippen molar-refractivity contribution in [1.82, 2.24) is 14.5 Å². The van der Waals surface area contributed by atoms with E-state index in [-0.39, 0.29) is 12.4 Å². The average molecular weight is 359 g/mol.